The van der Waals surface area contributed by atoms with Crippen molar-refractivity contribution in [3.05, 3.63) is 23.8 Å². The van der Waals surface area contributed by atoms with E-state index in [1.165, 1.54) is 0 Å². The Morgan fingerprint density at radius 1 is 1.50 bits per heavy atom. The summed E-state index contributed by atoms with van der Waals surface area (Å²) in [6.07, 6.45) is 7.74. The number of carbonyl (C=O) groups is 1. The lowest BCUT2D eigenvalue weighted by Gasteiger charge is -2.05. The lowest BCUT2D eigenvalue weighted by atomic mass is 9.97. The minimum atomic E-state index is -0.526. The van der Waals surface area contributed by atoms with Crippen molar-refractivity contribution in [3.63, 3.8) is 0 Å². The summed E-state index contributed by atoms with van der Waals surface area (Å²) in [6, 6.07) is 0. The molecule has 2 heteroatoms. The second kappa shape index (κ2) is 2.87. The van der Waals surface area contributed by atoms with Gasteiger partial charge in [-0.25, -0.2) is 0 Å². The van der Waals surface area contributed by atoms with Crippen LogP contribution in [0.15, 0.2) is 23.8 Å². The third-order valence-electron chi connectivity index (χ3n) is 2.50. The SMILES string of the molecule is O=C1CC(O)C=C1C1C=CCC1. The molecule has 2 nitrogen and oxygen atoms in total. The van der Waals surface area contributed by atoms with Crippen LogP contribution < -0.4 is 0 Å². The summed E-state index contributed by atoms with van der Waals surface area (Å²) >= 11 is 0. The van der Waals surface area contributed by atoms with Crippen LogP contribution >= 0.6 is 0 Å². The first-order valence-corrected chi connectivity index (χ1v) is 4.37. The van der Waals surface area contributed by atoms with Crippen LogP contribution in [0.5, 0.6) is 0 Å². The molecule has 2 aliphatic carbocycles. The highest BCUT2D eigenvalue weighted by molar-refractivity contribution is 5.99. The number of aliphatic hydroxyl groups is 1. The fraction of sp³-hybridized carbons (Fsp3) is 0.500. The molecule has 0 aliphatic heterocycles. The Bertz CT molecular complexity index is 263. The normalized spacial score (nSPS) is 34.4. The Hall–Kier alpha value is -0.890. The summed E-state index contributed by atoms with van der Waals surface area (Å²) in [4.78, 5) is 11.3. The van der Waals surface area contributed by atoms with Crippen LogP contribution in [0.25, 0.3) is 0 Å². The van der Waals surface area contributed by atoms with Gasteiger partial charge in [-0.05, 0) is 18.9 Å². The van der Waals surface area contributed by atoms with Crippen molar-refractivity contribution >= 4 is 5.78 Å². The maximum absolute atomic E-state index is 11.3. The summed E-state index contributed by atoms with van der Waals surface area (Å²) in [5.41, 5.74) is 0.830. The Balaban J connectivity index is 2.17. The van der Waals surface area contributed by atoms with Crippen LogP contribution in [0, 0.1) is 5.92 Å². The number of hydrogen-bond donors (Lipinski definition) is 1. The van der Waals surface area contributed by atoms with E-state index in [4.69, 9.17) is 0 Å². The highest BCUT2D eigenvalue weighted by atomic mass is 16.3. The minimum Gasteiger partial charge on any atom is -0.389 e. The van der Waals surface area contributed by atoms with E-state index in [-0.39, 0.29) is 11.7 Å². The molecule has 0 heterocycles. The van der Waals surface area contributed by atoms with E-state index < -0.39 is 6.10 Å². The van der Waals surface area contributed by atoms with Crippen LogP contribution in [-0.2, 0) is 4.79 Å². The second-order valence-corrected chi connectivity index (χ2v) is 3.43. The first-order valence-electron chi connectivity index (χ1n) is 4.37. The van der Waals surface area contributed by atoms with Gasteiger partial charge in [0.05, 0.1) is 6.10 Å². The van der Waals surface area contributed by atoms with Crippen LogP contribution in [0.1, 0.15) is 19.3 Å². The van der Waals surface area contributed by atoms with Crippen molar-refractivity contribution in [1.29, 1.82) is 0 Å². The number of Topliss-reactive ketones (excluding diaryl/α,β-unsaturated/α-hetero) is 1. The number of aliphatic hydroxyl groups excluding tert-OH is 1. The zero-order valence-corrected chi connectivity index (χ0v) is 6.86. The van der Waals surface area contributed by atoms with E-state index in [1.807, 2.05) is 0 Å². The predicted molar refractivity (Wildman–Crippen MR) is 45.6 cm³/mol. The highest BCUT2D eigenvalue weighted by Gasteiger charge is 2.27. The molecule has 12 heavy (non-hydrogen) atoms. The molecular formula is C10H12O2. The smallest absolute Gasteiger partial charge is 0.162 e. The van der Waals surface area contributed by atoms with Gasteiger partial charge in [-0.1, -0.05) is 12.2 Å². The molecule has 0 fully saturated rings. The van der Waals surface area contributed by atoms with Gasteiger partial charge in [0, 0.05) is 17.9 Å². The number of ketones is 1. The van der Waals surface area contributed by atoms with Crippen LogP contribution in [0.2, 0.25) is 0 Å². The molecule has 0 radical (unpaired) electrons. The Morgan fingerprint density at radius 3 is 2.83 bits per heavy atom. The van der Waals surface area contributed by atoms with Gasteiger partial charge < -0.3 is 5.11 Å². The third-order valence-corrected chi connectivity index (χ3v) is 2.50. The van der Waals surface area contributed by atoms with E-state index in [0.29, 0.717) is 6.42 Å². The molecule has 2 rings (SSSR count). The lowest BCUT2D eigenvalue weighted by Crippen LogP contribution is -2.05. The van der Waals surface area contributed by atoms with Crippen molar-refractivity contribution in [1.82, 2.24) is 0 Å². The van der Waals surface area contributed by atoms with Crippen molar-refractivity contribution in [3.8, 4) is 0 Å². The third kappa shape index (κ3) is 1.23. The largest absolute Gasteiger partial charge is 0.389 e. The van der Waals surface area contributed by atoms with E-state index in [2.05, 4.69) is 12.2 Å². The van der Waals surface area contributed by atoms with Gasteiger partial charge in [0.25, 0.3) is 0 Å². The van der Waals surface area contributed by atoms with Gasteiger partial charge in [-0.2, -0.15) is 0 Å². The molecule has 1 N–H and O–H groups in total. The first-order chi connectivity index (χ1) is 5.77. The van der Waals surface area contributed by atoms with E-state index in [9.17, 15) is 9.90 Å². The summed E-state index contributed by atoms with van der Waals surface area (Å²) in [6.45, 7) is 0. The van der Waals surface area contributed by atoms with Crippen LogP contribution in [-0.4, -0.2) is 17.0 Å². The molecule has 0 bridgehead atoms. The molecule has 2 atom stereocenters. The minimum absolute atomic E-state index is 0.124. The number of allylic oxidation sites excluding steroid dienone is 3. The number of carbonyl (C=O) groups excluding carboxylic acids is 1. The van der Waals surface area contributed by atoms with Gasteiger partial charge >= 0.3 is 0 Å². The molecule has 0 saturated carbocycles. The average molecular weight is 164 g/mol. The molecule has 64 valence electrons. The maximum atomic E-state index is 11.3. The monoisotopic (exact) mass is 164 g/mol. The van der Waals surface area contributed by atoms with Gasteiger partial charge in [0.2, 0.25) is 0 Å². The molecule has 0 saturated heterocycles. The zero-order chi connectivity index (χ0) is 8.55. The summed E-state index contributed by atoms with van der Waals surface area (Å²) in [5.74, 6) is 0.411. The maximum Gasteiger partial charge on any atom is 0.162 e. The molecule has 0 amide bonds. The standard InChI is InChI=1S/C10H12O2/c11-8-5-9(10(12)6-8)7-3-1-2-4-7/h1,3,5,7-8,11H,2,4,6H2. The molecule has 2 aliphatic rings. The summed E-state index contributed by atoms with van der Waals surface area (Å²) in [5, 5.41) is 9.21. The van der Waals surface area contributed by atoms with Gasteiger partial charge in [0.15, 0.2) is 5.78 Å². The molecule has 0 aromatic carbocycles. The molecule has 2 unspecified atom stereocenters. The Kier molecular flexibility index (Phi) is 1.85. The Morgan fingerprint density at radius 2 is 2.33 bits per heavy atom. The number of rotatable bonds is 1. The fourth-order valence-electron chi connectivity index (χ4n) is 1.89. The van der Waals surface area contributed by atoms with Gasteiger partial charge in [-0.15, -0.1) is 0 Å². The predicted octanol–water partition coefficient (Wildman–Crippen LogP) is 1.21. The second-order valence-electron chi connectivity index (χ2n) is 3.43. The topological polar surface area (TPSA) is 37.3 Å². The zero-order valence-electron chi connectivity index (χ0n) is 6.86. The Labute approximate surface area is 71.6 Å². The van der Waals surface area contributed by atoms with Gasteiger partial charge in [0.1, 0.15) is 0 Å². The van der Waals surface area contributed by atoms with Gasteiger partial charge in [-0.3, -0.25) is 4.79 Å². The van der Waals surface area contributed by atoms with E-state index in [1.54, 1.807) is 6.08 Å². The van der Waals surface area contributed by atoms with Crippen LogP contribution in [0.4, 0.5) is 0 Å². The number of hydrogen-bond acceptors (Lipinski definition) is 2. The van der Waals surface area contributed by atoms with E-state index >= 15 is 0 Å². The van der Waals surface area contributed by atoms with Crippen molar-refractivity contribution in [2.45, 2.75) is 25.4 Å². The quantitative estimate of drug-likeness (QED) is 0.591. The average Bonchev–Trinajstić information content (AvgIpc) is 2.58. The van der Waals surface area contributed by atoms with Crippen molar-refractivity contribution < 1.29 is 9.90 Å². The molecular weight excluding hydrogens is 152 g/mol. The summed E-state index contributed by atoms with van der Waals surface area (Å²) in [7, 11) is 0. The van der Waals surface area contributed by atoms with Crippen LogP contribution in [0.3, 0.4) is 0 Å². The summed E-state index contributed by atoms with van der Waals surface area (Å²) < 4.78 is 0. The first kappa shape index (κ1) is 7.74. The molecule has 0 spiro atoms. The van der Waals surface area contributed by atoms with Crippen molar-refractivity contribution in [2.75, 3.05) is 0 Å². The highest BCUT2D eigenvalue weighted by Crippen LogP contribution is 2.30. The molecule has 0 aromatic rings. The van der Waals surface area contributed by atoms with Crippen molar-refractivity contribution in [2.24, 2.45) is 5.92 Å². The molecule has 0 aromatic heterocycles. The lowest BCUT2D eigenvalue weighted by molar-refractivity contribution is -0.116. The van der Waals surface area contributed by atoms with E-state index in [0.717, 1.165) is 18.4 Å². The fourth-order valence-corrected chi connectivity index (χ4v) is 1.89.